The molecule has 104 valence electrons. The molecule has 3 nitrogen and oxygen atoms in total. The molecule has 2 aromatic rings. The molecule has 0 saturated heterocycles. The molecule has 0 aliphatic rings. The quantitative estimate of drug-likeness (QED) is 0.929. The summed E-state index contributed by atoms with van der Waals surface area (Å²) in [5.74, 6) is 0.256. The molecule has 0 heterocycles. The van der Waals surface area contributed by atoms with E-state index in [-0.39, 0.29) is 11.7 Å². The second-order valence-corrected chi connectivity index (χ2v) is 5.09. The van der Waals surface area contributed by atoms with Crippen LogP contribution in [0.1, 0.15) is 27.0 Å². The van der Waals surface area contributed by atoms with Gasteiger partial charge in [0.1, 0.15) is 5.75 Å². The third kappa shape index (κ3) is 2.99. The number of nitrogens with zero attached hydrogens (tertiary/aromatic N) is 1. The molecule has 0 spiro atoms. The summed E-state index contributed by atoms with van der Waals surface area (Å²) < 4.78 is 0. The fraction of sp³-hybridized carbons (Fsp3) is 0.235. The summed E-state index contributed by atoms with van der Waals surface area (Å²) >= 11 is 0. The Morgan fingerprint density at radius 1 is 1.05 bits per heavy atom. The van der Waals surface area contributed by atoms with Crippen molar-refractivity contribution in [2.75, 3.05) is 7.05 Å². The van der Waals surface area contributed by atoms with E-state index >= 15 is 0 Å². The summed E-state index contributed by atoms with van der Waals surface area (Å²) in [6, 6.07) is 12.8. The highest BCUT2D eigenvalue weighted by molar-refractivity contribution is 5.96. The number of carbonyl (C=O) groups excluding carboxylic acids is 1. The first-order chi connectivity index (χ1) is 9.49. The van der Waals surface area contributed by atoms with Gasteiger partial charge in [-0.25, -0.2) is 0 Å². The van der Waals surface area contributed by atoms with Gasteiger partial charge in [-0.2, -0.15) is 0 Å². The number of carbonyl (C=O) groups is 1. The van der Waals surface area contributed by atoms with E-state index in [1.807, 2.05) is 44.2 Å². The molecule has 0 fully saturated rings. The van der Waals surface area contributed by atoms with Crippen LogP contribution in [0.25, 0.3) is 0 Å². The Labute approximate surface area is 119 Å². The minimum atomic E-state index is 0.0219. The smallest absolute Gasteiger partial charge is 0.254 e. The Bertz CT molecular complexity index is 597. The molecule has 0 aliphatic carbocycles. The number of phenolic OH excluding ortho intramolecular Hbond substituents is 1. The van der Waals surface area contributed by atoms with Crippen LogP contribution in [0.2, 0.25) is 0 Å². The van der Waals surface area contributed by atoms with Crippen LogP contribution in [0.15, 0.2) is 42.5 Å². The third-order valence-electron chi connectivity index (χ3n) is 3.40. The summed E-state index contributed by atoms with van der Waals surface area (Å²) in [5.41, 5.74) is 3.75. The predicted molar refractivity (Wildman–Crippen MR) is 79.8 cm³/mol. The van der Waals surface area contributed by atoms with Crippen molar-refractivity contribution in [2.45, 2.75) is 20.4 Å². The molecule has 2 aromatic carbocycles. The zero-order valence-electron chi connectivity index (χ0n) is 12.1. The molecule has 20 heavy (non-hydrogen) atoms. The van der Waals surface area contributed by atoms with Gasteiger partial charge in [0.2, 0.25) is 0 Å². The Balaban J connectivity index is 2.18. The molecule has 2 rings (SSSR count). The van der Waals surface area contributed by atoms with Crippen molar-refractivity contribution in [1.82, 2.24) is 4.90 Å². The summed E-state index contributed by atoms with van der Waals surface area (Å²) in [5, 5.41) is 9.27. The van der Waals surface area contributed by atoms with E-state index < -0.39 is 0 Å². The van der Waals surface area contributed by atoms with Crippen LogP contribution in [0, 0.1) is 13.8 Å². The maximum atomic E-state index is 12.5. The van der Waals surface area contributed by atoms with Crippen molar-refractivity contribution >= 4 is 5.91 Å². The third-order valence-corrected chi connectivity index (χ3v) is 3.40. The molecule has 3 heteroatoms. The Kier molecular flexibility index (Phi) is 4.08. The van der Waals surface area contributed by atoms with Gasteiger partial charge in [0.05, 0.1) is 0 Å². The van der Waals surface area contributed by atoms with Gasteiger partial charge in [0.15, 0.2) is 0 Å². The van der Waals surface area contributed by atoms with Gasteiger partial charge >= 0.3 is 0 Å². The van der Waals surface area contributed by atoms with Gasteiger partial charge in [-0.05, 0) is 42.7 Å². The number of benzene rings is 2. The lowest BCUT2D eigenvalue weighted by molar-refractivity contribution is 0.0783. The summed E-state index contributed by atoms with van der Waals surface area (Å²) in [4.78, 5) is 14.2. The lowest BCUT2D eigenvalue weighted by Crippen LogP contribution is -2.27. The van der Waals surface area contributed by atoms with Crippen molar-refractivity contribution in [1.29, 1.82) is 0 Å². The number of aryl methyl sites for hydroxylation is 2. The van der Waals surface area contributed by atoms with Crippen LogP contribution in [0.3, 0.4) is 0 Å². The van der Waals surface area contributed by atoms with Gasteiger partial charge in [-0.1, -0.05) is 30.3 Å². The number of amides is 1. The first-order valence-corrected chi connectivity index (χ1v) is 6.58. The highest BCUT2D eigenvalue weighted by atomic mass is 16.3. The van der Waals surface area contributed by atoms with E-state index in [0.717, 1.165) is 22.3 Å². The first kappa shape index (κ1) is 14.1. The number of aromatic hydroxyl groups is 1. The lowest BCUT2D eigenvalue weighted by atomic mass is 10.0. The minimum absolute atomic E-state index is 0.0219. The Morgan fingerprint density at radius 2 is 1.60 bits per heavy atom. The largest absolute Gasteiger partial charge is 0.508 e. The molecule has 1 N–H and O–H groups in total. The second kappa shape index (κ2) is 5.78. The normalized spacial score (nSPS) is 10.3. The fourth-order valence-corrected chi connectivity index (χ4v) is 2.29. The number of hydrogen-bond donors (Lipinski definition) is 1. The predicted octanol–water partition coefficient (Wildman–Crippen LogP) is 3.28. The number of hydrogen-bond acceptors (Lipinski definition) is 2. The average Bonchev–Trinajstić information content (AvgIpc) is 2.41. The topological polar surface area (TPSA) is 40.5 Å². The molecule has 0 bridgehead atoms. The standard InChI is InChI=1S/C17H19NO2/c1-12-5-4-6-13(2)16(12)17(20)18(3)11-14-7-9-15(19)10-8-14/h4-10,19H,11H2,1-3H3. The summed E-state index contributed by atoms with van der Waals surface area (Å²) in [6.07, 6.45) is 0. The molecular formula is C17H19NO2. The highest BCUT2D eigenvalue weighted by Crippen LogP contribution is 2.17. The molecule has 0 unspecified atom stereocenters. The SMILES string of the molecule is Cc1cccc(C)c1C(=O)N(C)Cc1ccc(O)cc1. The molecule has 0 aromatic heterocycles. The summed E-state index contributed by atoms with van der Waals surface area (Å²) in [6.45, 7) is 4.43. The van der Waals surface area contributed by atoms with Crippen molar-refractivity contribution < 1.29 is 9.90 Å². The van der Waals surface area contributed by atoms with Crippen molar-refractivity contribution in [2.24, 2.45) is 0 Å². The maximum absolute atomic E-state index is 12.5. The van der Waals surface area contributed by atoms with E-state index in [4.69, 9.17) is 0 Å². The molecular weight excluding hydrogens is 250 g/mol. The first-order valence-electron chi connectivity index (χ1n) is 6.58. The minimum Gasteiger partial charge on any atom is -0.508 e. The maximum Gasteiger partial charge on any atom is 0.254 e. The zero-order valence-corrected chi connectivity index (χ0v) is 12.1. The Morgan fingerprint density at radius 3 is 2.15 bits per heavy atom. The van der Waals surface area contributed by atoms with Crippen LogP contribution < -0.4 is 0 Å². The van der Waals surface area contributed by atoms with Gasteiger partial charge in [0.25, 0.3) is 5.91 Å². The van der Waals surface area contributed by atoms with E-state index in [2.05, 4.69) is 0 Å². The fourth-order valence-electron chi connectivity index (χ4n) is 2.29. The molecule has 1 amide bonds. The van der Waals surface area contributed by atoms with Crippen LogP contribution in [-0.4, -0.2) is 23.0 Å². The van der Waals surface area contributed by atoms with Crippen molar-refractivity contribution in [3.63, 3.8) is 0 Å². The van der Waals surface area contributed by atoms with Crippen molar-refractivity contribution in [3.05, 3.63) is 64.7 Å². The van der Waals surface area contributed by atoms with Gasteiger partial charge < -0.3 is 10.0 Å². The molecule has 0 atom stereocenters. The monoisotopic (exact) mass is 269 g/mol. The number of rotatable bonds is 3. The van der Waals surface area contributed by atoms with E-state index in [9.17, 15) is 9.90 Å². The zero-order chi connectivity index (χ0) is 14.7. The van der Waals surface area contributed by atoms with Crippen LogP contribution >= 0.6 is 0 Å². The second-order valence-electron chi connectivity index (χ2n) is 5.09. The van der Waals surface area contributed by atoms with Gasteiger partial charge in [-0.15, -0.1) is 0 Å². The average molecular weight is 269 g/mol. The van der Waals surface area contributed by atoms with Crippen molar-refractivity contribution in [3.8, 4) is 5.75 Å². The van der Waals surface area contributed by atoms with Gasteiger partial charge in [0, 0.05) is 19.2 Å². The van der Waals surface area contributed by atoms with Crippen LogP contribution in [0.5, 0.6) is 5.75 Å². The summed E-state index contributed by atoms with van der Waals surface area (Å²) in [7, 11) is 1.79. The van der Waals surface area contributed by atoms with Crippen LogP contribution in [0.4, 0.5) is 0 Å². The van der Waals surface area contributed by atoms with Gasteiger partial charge in [-0.3, -0.25) is 4.79 Å². The van der Waals surface area contributed by atoms with Crippen LogP contribution in [-0.2, 0) is 6.54 Å². The number of phenols is 1. The van der Waals surface area contributed by atoms with E-state index in [0.29, 0.717) is 6.54 Å². The van der Waals surface area contributed by atoms with E-state index in [1.165, 1.54) is 0 Å². The molecule has 0 radical (unpaired) electrons. The molecule has 0 aliphatic heterocycles. The highest BCUT2D eigenvalue weighted by Gasteiger charge is 2.16. The van der Waals surface area contributed by atoms with E-state index in [1.54, 1.807) is 24.1 Å². The lowest BCUT2D eigenvalue weighted by Gasteiger charge is -2.20. The Hall–Kier alpha value is -2.29. The molecule has 0 saturated carbocycles.